The fraction of sp³-hybridized carbons (Fsp3) is 0.696. The first-order chi connectivity index (χ1) is 14.8. The third-order valence-electron chi connectivity index (χ3n) is 6.41. The number of nitrogens with zero attached hydrogens (tertiary/aromatic N) is 4. The van der Waals surface area contributed by atoms with E-state index in [1.165, 1.54) is 5.56 Å². The largest absolute Gasteiger partial charge is 0.375 e. The Morgan fingerprint density at radius 2 is 1.77 bits per heavy atom. The van der Waals surface area contributed by atoms with Crippen LogP contribution in [0.1, 0.15) is 18.4 Å². The third kappa shape index (κ3) is 5.94. The maximum atomic E-state index is 5.98. The summed E-state index contributed by atoms with van der Waals surface area (Å²) in [7, 11) is 1.88. The SMILES string of the molecule is CN=C(NCCN1CCN(Cc2ccccc2)CC1)N1CCOC(C2CCCO2)C1. The number of benzene rings is 1. The van der Waals surface area contributed by atoms with Crippen molar-refractivity contribution in [1.29, 1.82) is 0 Å². The first kappa shape index (κ1) is 21.6. The van der Waals surface area contributed by atoms with E-state index >= 15 is 0 Å². The number of rotatable bonds is 6. The zero-order valence-electron chi connectivity index (χ0n) is 18.3. The molecule has 0 amide bonds. The van der Waals surface area contributed by atoms with Gasteiger partial charge in [0.05, 0.1) is 12.7 Å². The van der Waals surface area contributed by atoms with Gasteiger partial charge < -0.3 is 19.7 Å². The Morgan fingerprint density at radius 3 is 2.50 bits per heavy atom. The highest BCUT2D eigenvalue weighted by molar-refractivity contribution is 5.80. The van der Waals surface area contributed by atoms with E-state index in [9.17, 15) is 0 Å². The predicted molar refractivity (Wildman–Crippen MR) is 120 cm³/mol. The molecule has 1 aromatic rings. The van der Waals surface area contributed by atoms with Crippen molar-refractivity contribution in [2.75, 3.05) is 72.6 Å². The van der Waals surface area contributed by atoms with Crippen LogP contribution in [0.2, 0.25) is 0 Å². The molecule has 3 aliphatic heterocycles. The molecule has 0 aromatic heterocycles. The summed E-state index contributed by atoms with van der Waals surface area (Å²) in [4.78, 5) is 12.0. The number of hydrogen-bond donors (Lipinski definition) is 1. The quantitative estimate of drug-likeness (QED) is 0.558. The summed E-state index contributed by atoms with van der Waals surface area (Å²) in [5.74, 6) is 0.990. The summed E-state index contributed by atoms with van der Waals surface area (Å²) < 4.78 is 11.8. The molecule has 7 heteroatoms. The van der Waals surface area contributed by atoms with Crippen LogP contribution in [0.15, 0.2) is 35.3 Å². The molecule has 1 aromatic carbocycles. The van der Waals surface area contributed by atoms with Gasteiger partial charge in [-0.2, -0.15) is 0 Å². The van der Waals surface area contributed by atoms with Crippen molar-refractivity contribution in [3.8, 4) is 0 Å². The Labute approximate surface area is 181 Å². The second kappa shape index (κ2) is 11.1. The van der Waals surface area contributed by atoms with Crippen molar-refractivity contribution < 1.29 is 9.47 Å². The van der Waals surface area contributed by atoms with Gasteiger partial charge in [-0.1, -0.05) is 30.3 Å². The van der Waals surface area contributed by atoms with E-state index < -0.39 is 0 Å². The molecule has 0 radical (unpaired) electrons. The molecule has 30 heavy (non-hydrogen) atoms. The fourth-order valence-corrected chi connectivity index (χ4v) is 4.66. The summed E-state index contributed by atoms with van der Waals surface area (Å²) in [6.45, 7) is 10.9. The number of aliphatic imine (C=N–C) groups is 1. The van der Waals surface area contributed by atoms with Crippen molar-refractivity contribution in [1.82, 2.24) is 20.0 Å². The molecule has 3 heterocycles. The Morgan fingerprint density at radius 1 is 1.00 bits per heavy atom. The van der Waals surface area contributed by atoms with Gasteiger partial charge in [0.25, 0.3) is 0 Å². The van der Waals surface area contributed by atoms with Gasteiger partial charge in [0.2, 0.25) is 0 Å². The number of piperazine rings is 1. The molecule has 3 aliphatic rings. The van der Waals surface area contributed by atoms with Crippen LogP contribution in [0.25, 0.3) is 0 Å². The number of ether oxygens (including phenoxy) is 2. The lowest BCUT2D eigenvalue weighted by molar-refractivity contribution is -0.0817. The predicted octanol–water partition coefficient (Wildman–Crippen LogP) is 1.26. The first-order valence-corrected chi connectivity index (χ1v) is 11.5. The molecule has 2 unspecified atom stereocenters. The van der Waals surface area contributed by atoms with Gasteiger partial charge in [0.1, 0.15) is 6.10 Å². The van der Waals surface area contributed by atoms with Crippen LogP contribution in [-0.2, 0) is 16.0 Å². The van der Waals surface area contributed by atoms with Crippen LogP contribution < -0.4 is 5.32 Å². The van der Waals surface area contributed by atoms with Crippen molar-refractivity contribution in [2.24, 2.45) is 4.99 Å². The van der Waals surface area contributed by atoms with E-state index in [4.69, 9.17) is 9.47 Å². The van der Waals surface area contributed by atoms with Crippen LogP contribution in [0.5, 0.6) is 0 Å². The smallest absolute Gasteiger partial charge is 0.193 e. The van der Waals surface area contributed by atoms with Gasteiger partial charge in [-0.15, -0.1) is 0 Å². The van der Waals surface area contributed by atoms with Gasteiger partial charge in [-0.25, -0.2) is 0 Å². The molecule has 3 fully saturated rings. The molecule has 166 valence electrons. The second-order valence-corrected chi connectivity index (χ2v) is 8.48. The van der Waals surface area contributed by atoms with Crippen LogP contribution in [-0.4, -0.2) is 105 Å². The highest BCUT2D eigenvalue weighted by Crippen LogP contribution is 2.21. The first-order valence-electron chi connectivity index (χ1n) is 11.5. The van der Waals surface area contributed by atoms with Crippen LogP contribution in [0.3, 0.4) is 0 Å². The topological polar surface area (TPSA) is 52.6 Å². The minimum atomic E-state index is 0.164. The van der Waals surface area contributed by atoms with E-state index in [0.717, 1.165) is 90.9 Å². The molecule has 0 saturated carbocycles. The van der Waals surface area contributed by atoms with E-state index in [1.54, 1.807) is 0 Å². The van der Waals surface area contributed by atoms with E-state index in [2.05, 4.69) is 55.3 Å². The lowest BCUT2D eigenvalue weighted by Gasteiger charge is -2.38. The lowest BCUT2D eigenvalue weighted by Crippen LogP contribution is -2.54. The summed E-state index contributed by atoms with van der Waals surface area (Å²) in [5, 5.41) is 3.57. The summed E-state index contributed by atoms with van der Waals surface area (Å²) in [5.41, 5.74) is 1.41. The van der Waals surface area contributed by atoms with Gasteiger partial charge >= 0.3 is 0 Å². The summed E-state index contributed by atoms with van der Waals surface area (Å²) in [6.07, 6.45) is 2.67. The lowest BCUT2D eigenvalue weighted by atomic mass is 10.1. The minimum Gasteiger partial charge on any atom is -0.375 e. The Hall–Kier alpha value is -1.67. The molecule has 7 nitrogen and oxygen atoms in total. The van der Waals surface area contributed by atoms with Gasteiger partial charge in [0, 0.05) is 72.6 Å². The number of nitrogens with one attached hydrogen (secondary N) is 1. The molecule has 3 saturated heterocycles. The highest BCUT2D eigenvalue weighted by Gasteiger charge is 2.32. The molecule has 2 atom stereocenters. The van der Waals surface area contributed by atoms with Gasteiger partial charge in [0.15, 0.2) is 5.96 Å². The summed E-state index contributed by atoms with van der Waals surface area (Å²) >= 11 is 0. The minimum absolute atomic E-state index is 0.164. The van der Waals surface area contributed by atoms with Crippen molar-refractivity contribution in [3.05, 3.63) is 35.9 Å². The summed E-state index contributed by atoms with van der Waals surface area (Å²) in [6, 6.07) is 10.8. The molecular weight excluding hydrogens is 378 g/mol. The molecule has 1 N–H and O–H groups in total. The third-order valence-corrected chi connectivity index (χ3v) is 6.41. The van der Waals surface area contributed by atoms with E-state index in [1.807, 2.05) is 7.05 Å². The molecule has 0 spiro atoms. The number of hydrogen-bond acceptors (Lipinski definition) is 5. The van der Waals surface area contributed by atoms with Gasteiger partial charge in [-0.3, -0.25) is 14.8 Å². The van der Waals surface area contributed by atoms with Crippen LogP contribution >= 0.6 is 0 Å². The Kier molecular flexibility index (Phi) is 7.97. The zero-order valence-corrected chi connectivity index (χ0v) is 18.3. The van der Waals surface area contributed by atoms with Gasteiger partial charge in [-0.05, 0) is 18.4 Å². The average molecular weight is 416 g/mol. The maximum absolute atomic E-state index is 5.98. The van der Waals surface area contributed by atoms with Crippen LogP contribution in [0, 0.1) is 0 Å². The zero-order chi connectivity index (χ0) is 20.6. The Bertz CT molecular complexity index is 657. The molecular formula is C23H37N5O2. The molecule has 0 aliphatic carbocycles. The van der Waals surface area contributed by atoms with Crippen LogP contribution in [0.4, 0.5) is 0 Å². The highest BCUT2D eigenvalue weighted by atomic mass is 16.5. The standard InChI is InChI=1S/C23H37N5O2/c1-24-23(28-15-17-30-22(19-28)21-8-5-16-29-21)25-9-10-26-11-13-27(14-12-26)18-20-6-3-2-4-7-20/h2-4,6-7,21-22H,5,8-19H2,1H3,(H,24,25). The van der Waals surface area contributed by atoms with Crippen molar-refractivity contribution in [2.45, 2.75) is 31.6 Å². The fourth-order valence-electron chi connectivity index (χ4n) is 4.66. The Balaban J connectivity index is 1.16. The van der Waals surface area contributed by atoms with E-state index in [-0.39, 0.29) is 12.2 Å². The van der Waals surface area contributed by atoms with Crippen molar-refractivity contribution in [3.63, 3.8) is 0 Å². The number of morpholine rings is 1. The maximum Gasteiger partial charge on any atom is 0.193 e. The number of guanidine groups is 1. The van der Waals surface area contributed by atoms with E-state index in [0.29, 0.717) is 0 Å². The molecule has 4 rings (SSSR count). The molecule has 0 bridgehead atoms. The second-order valence-electron chi connectivity index (χ2n) is 8.48. The normalized spacial score (nSPS) is 26.8. The average Bonchev–Trinajstić information content (AvgIpc) is 3.34. The monoisotopic (exact) mass is 415 g/mol. The van der Waals surface area contributed by atoms with Crippen molar-refractivity contribution >= 4 is 5.96 Å².